The molecule has 1 fully saturated rings. The average molecular weight is 317 g/mol. The predicted molar refractivity (Wildman–Crippen MR) is 84.5 cm³/mol. The maximum atomic E-state index is 12.3. The summed E-state index contributed by atoms with van der Waals surface area (Å²) in [4.78, 5) is 25.7. The van der Waals surface area contributed by atoms with Crippen molar-refractivity contribution in [1.29, 1.82) is 0 Å². The molecule has 8 heteroatoms. The van der Waals surface area contributed by atoms with E-state index in [4.69, 9.17) is 0 Å². The van der Waals surface area contributed by atoms with Crippen LogP contribution in [0.15, 0.2) is 33.6 Å². The summed E-state index contributed by atoms with van der Waals surface area (Å²) in [6, 6.07) is 7.04. The number of aromatic nitrogens is 2. The van der Waals surface area contributed by atoms with Crippen molar-refractivity contribution in [3.05, 3.63) is 34.8 Å². The minimum atomic E-state index is -0.600. The second kappa shape index (κ2) is 6.35. The van der Waals surface area contributed by atoms with Gasteiger partial charge in [0.2, 0.25) is 5.91 Å². The van der Waals surface area contributed by atoms with E-state index in [1.165, 1.54) is 0 Å². The maximum absolute atomic E-state index is 12.3. The van der Waals surface area contributed by atoms with E-state index < -0.39 is 5.76 Å². The van der Waals surface area contributed by atoms with Gasteiger partial charge in [0.1, 0.15) is 6.04 Å². The fourth-order valence-electron chi connectivity index (χ4n) is 2.49. The highest BCUT2D eigenvalue weighted by molar-refractivity contribution is 5.95. The molecule has 1 aliphatic heterocycles. The standard InChI is InChI=1S/C15H19N5O3/c1-8(2)11-7-12(19-18-11)14(21)16-10-5-3-9(4-6-10)13-17-15(22)23-20-13/h3-6,8,11-12,18-19H,7H2,1-2H3,(H,16,21)(H,17,20,22). The maximum Gasteiger partial charge on any atom is 0.439 e. The average Bonchev–Trinajstić information content (AvgIpc) is 3.17. The van der Waals surface area contributed by atoms with Crippen LogP contribution in [-0.2, 0) is 4.79 Å². The number of nitrogens with zero attached hydrogens (tertiary/aromatic N) is 1. The lowest BCUT2D eigenvalue weighted by atomic mass is 9.99. The monoisotopic (exact) mass is 317 g/mol. The Morgan fingerprint density at radius 2 is 2.04 bits per heavy atom. The van der Waals surface area contributed by atoms with E-state index in [0.717, 1.165) is 6.42 Å². The zero-order chi connectivity index (χ0) is 16.4. The van der Waals surface area contributed by atoms with Crippen molar-refractivity contribution in [2.24, 2.45) is 5.92 Å². The summed E-state index contributed by atoms with van der Waals surface area (Å²) in [5, 5.41) is 6.49. The first-order valence-corrected chi connectivity index (χ1v) is 7.51. The summed E-state index contributed by atoms with van der Waals surface area (Å²) in [5.74, 6) is 0.138. The Kier molecular flexibility index (Phi) is 4.26. The number of hydrazine groups is 1. The molecule has 0 saturated carbocycles. The highest BCUT2D eigenvalue weighted by atomic mass is 16.5. The topological polar surface area (TPSA) is 112 Å². The van der Waals surface area contributed by atoms with Gasteiger partial charge in [-0.1, -0.05) is 19.0 Å². The molecule has 122 valence electrons. The number of hydrogen-bond donors (Lipinski definition) is 4. The smallest absolute Gasteiger partial charge is 0.325 e. The highest BCUT2D eigenvalue weighted by Crippen LogP contribution is 2.18. The van der Waals surface area contributed by atoms with E-state index in [2.05, 4.69) is 44.7 Å². The lowest BCUT2D eigenvalue weighted by Crippen LogP contribution is -2.40. The van der Waals surface area contributed by atoms with E-state index in [9.17, 15) is 9.59 Å². The fraction of sp³-hybridized carbons (Fsp3) is 0.400. The van der Waals surface area contributed by atoms with Gasteiger partial charge in [-0.25, -0.2) is 10.2 Å². The molecule has 2 heterocycles. The van der Waals surface area contributed by atoms with E-state index in [-0.39, 0.29) is 18.0 Å². The Morgan fingerprint density at radius 3 is 2.61 bits per heavy atom. The van der Waals surface area contributed by atoms with Crippen LogP contribution in [0.2, 0.25) is 0 Å². The van der Waals surface area contributed by atoms with Crippen LogP contribution in [0.4, 0.5) is 5.69 Å². The van der Waals surface area contributed by atoms with Gasteiger partial charge in [0.15, 0.2) is 5.82 Å². The van der Waals surface area contributed by atoms with E-state index >= 15 is 0 Å². The van der Waals surface area contributed by atoms with Gasteiger partial charge in [-0.05, 0) is 36.6 Å². The summed E-state index contributed by atoms with van der Waals surface area (Å²) in [5.41, 5.74) is 7.55. The molecule has 2 unspecified atom stereocenters. The van der Waals surface area contributed by atoms with Crippen molar-refractivity contribution in [2.75, 3.05) is 5.32 Å². The molecule has 1 saturated heterocycles. The number of H-pyrrole nitrogens is 1. The van der Waals surface area contributed by atoms with Crippen molar-refractivity contribution in [2.45, 2.75) is 32.4 Å². The minimum absolute atomic E-state index is 0.0803. The summed E-state index contributed by atoms with van der Waals surface area (Å²) in [6.45, 7) is 4.24. The van der Waals surface area contributed by atoms with E-state index in [1.807, 2.05) is 0 Å². The molecule has 1 aromatic heterocycles. The molecule has 0 spiro atoms. The highest BCUT2D eigenvalue weighted by Gasteiger charge is 2.30. The summed E-state index contributed by atoms with van der Waals surface area (Å²) < 4.78 is 4.46. The van der Waals surface area contributed by atoms with Gasteiger partial charge >= 0.3 is 5.76 Å². The van der Waals surface area contributed by atoms with Crippen LogP contribution in [0.5, 0.6) is 0 Å². The Balaban J connectivity index is 1.62. The lowest BCUT2D eigenvalue weighted by molar-refractivity contribution is -0.117. The zero-order valence-corrected chi connectivity index (χ0v) is 12.9. The van der Waals surface area contributed by atoms with Crippen molar-refractivity contribution in [3.8, 4) is 11.4 Å². The first-order chi connectivity index (χ1) is 11.0. The molecule has 0 aliphatic carbocycles. The third kappa shape index (κ3) is 3.49. The van der Waals surface area contributed by atoms with Gasteiger partial charge in [0.25, 0.3) is 0 Å². The van der Waals surface area contributed by atoms with E-state index in [1.54, 1.807) is 24.3 Å². The van der Waals surface area contributed by atoms with Crippen LogP contribution < -0.4 is 21.9 Å². The Morgan fingerprint density at radius 1 is 1.30 bits per heavy atom. The molecule has 0 radical (unpaired) electrons. The number of carbonyl (C=O) groups excluding carboxylic acids is 1. The van der Waals surface area contributed by atoms with Crippen molar-refractivity contribution >= 4 is 11.6 Å². The number of benzene rings is 1. The van der Waals surface area contributed by atoms with Crippen LogP contribution in [0.3, 0.4) is 0 Å². The third-order valence-electron chi connectivity index (χ3n) is 3.92. The van der Waals surface area contributed by atoms with Gasteiger partial charge in [0.05, 0.1) is 0 Å². The van der Waals surface area contributed by atoms with Crippen LogP contribution in [0, 0.1) is 5.92 Å². The second-order valence-electron chi connectivity index (χ2n) is 5.94. The molecule has 4 N–H and O–H groups in total. The molecule has 1 aliphatic rings. The second-order valence-corrected chi connectivity index (χ2v) is 5.94. The van der Waals surface area contributed by atoms with Gasteiger partial charge in [-0.3, -0.25) is 19.7 Å². The third-order valence-corrected chi connectivity index (χ3v) is 3.92. The largest absolute Gasteiger partial charge is 0.439 e. The SMILES string of the molecule is CC(C)C1CC(C(=O)Nc2ccc(-c3noc(=O)[nH]3)cc2)NN1. The van der Waals surface area contributed by atoms with Gasteiger partial charge in [0, 0.05) is 17.3 Å². The van der Waals surface area contributed by atoms with Crippen molar-refractivity contribution < 1.29 is 9.32 Å². The first kappa shape index (κ1) is 15.4. The normalized spacial score (nSPS) is 20.8. The summed E-state index contributed by atoms with van der Waals surface area (Å²) in [6.07, 6.45) is 0.752. The zero-order valence-electron chi connectivity index (χ0n) is 12.9. The molecule has 3 rings (SSSR count). The molecule has 8 nitrogen and oxygen atoms in total. The lowest BCUT2D eigenvalue weighted by Gasteiger charge is -2.12. The van der Waals surface area contributed by atoms with Crippen molar-refractivity contribution in [3.63, 3.8) is 0 Å². The summed E-state index contributed by atoms with van der Waals surface area (Å²) in [7, 11) is 0. The van der Waals surface area contributed by atoms with Gasteiger partial charge < -0.3 is 5.32 Å². The number of anilines is 1. The number of nitrogens with one attached hydrogen (secondary N) is 4. The molecule has 23 heavy (non-hydrogen) atoms. The molecule has 2 aromatic rings. The number of carbonyl (C=O) groups is 1. The van der Waals surface area contributed by atoms with Crippen molar-refractivity contribution in [1.82, 2.24) is 21.0 Å². The Labute approximate surface area is 132 Å². The molecular formula is C15H19N5O3. The minimum Gasteiger partial charge on any atom is -0.325 e. The number of aromatic amines is 1. The van der Waals surface area contributed by atoms with Crippen LogP contribution in [0.1, 0.15) is 20.3 Å². The number of amides is 1. The molecule has 2 atom stereocenters. The molecular weight excluding hydrogens is 298 g/mol. The van der Waals surface area contributed by atoms with Crippen LogP contribution in [-0.4, -0.2) is 28.1 Å². The van der Waals surface area contributed by atoms with Gasteiger partial charge in [-0.2, -0.15) is 0 Å². The number of rotatable bonds is 4. The van der Waals surface area contributed by atoms with E-state index in [0.29, 0.717) is 23.0 Å². The Bertz CT molecular complexity index is 734. The quantitative estimate of drug-likeness (QED) is 0.665. The van der Waals surface area contributed by atoms with Gasteiger partial charge in [-0.15, -0.1) is 0 Å². The predicted octanol–water partition coefficient (Wildman–Crippen LogP) is 0.859. The van der Waals surface area contributed by atoms with Crippen LogP contribution in [0.25, 0.3) is 11.4 Å². The molecule has 1 aromatic carbocycles. The summed E-state index contributed by atoms with van der Waals surface area (Å²) >= 11 is 0. The molecule has 1 amide bonds. The number of hydrogen-bond acceptors (Lipinski definition) is 6. The first-order valence-electron chi connectivity index (χ1n) is 7.51. The fourth-order valence-corrected chi connectivity index (χ4v) is 2.49. The molecule has 0 bridgehead atoms. The van der Waals surface area contributed by atoms with Crippen LogP contribution >= 0.6 is 0 Å². The Hall–Kier alpha value is -2.45.